The molecule has 1 aromatic heterocycles. The van der Waals surface area contributed by atoms with Crippen molar-refractivity contribution in [1.29, 1.82) is 0 Å². The summed E-state index contributed by atoms with van der Waals surface area (Å²) < 4.78 is 5.38. The lowest BCUT2D eigenvalue weighted by Crippen LogP contribution is -2.04. The molecule has 0 amide bonds. The Morgan fingerprint density at radius 1 is 1.15 bits per heavy atom. The molecule has 0 saturated carbocycles. The zero-order valence-electron chi connectivity index (χ0n) is 14.0. The van der Waals surface area contributed by atoms with E-state index in [-0.39, 0.29) is 17.0 Å². The molecule has 5 nitrogen and oxygen atoms in total. The van der Waals surface area contributed by atoms with Gasteiger partial charge in [0.2, 0.25) is 0 Å². The summed E-state index contributed by atoms with van der Waals surface area (Å²) in [5, 5.41) is 12.7. The van der Waals surface area contributed by atoms with Gasteiger partial charge in [-0.15, -0.1) is 11.3 Å². The molecule has 0 aliphatic carbocycles. The Labute approximate surface area is 154 Å². The van der Waals surface area contributed by atoms with Crippen LogP contribution in [0.1, 0.15) is 15.9 Å². The van der Waals surface area contributed by atoms with Crippen LogP contribution in [0, 0.1) is 10.1 Å². The van der Waals surface area contributed by atoms with Crippen LogP contribution in [0.3, 0.4) is 0 Å². The lowest BCUT2D eigenvalue weighted by Gasteiger charge is -2.12. The van der Waals surface area contributed by atoms with Gasteiger partial charge in [0.15, 0.2) is 5.78 Å². The predicted octanol–water partition coefficient (Wildman–Crippen LogP) is 5.23. The van der Waals surface area contributed by atoms with E-state index in [1.807, 2.05) is 29.6 Å². The second kappa shape index (κ2) is 7.33. The number of allylic oxidation sites excluding steroid dienone is 1. The van der Waals surface area contributed by atoms with Crippen molar-refractivity contribution in [1.82, 2.24) is 0 Å². The first-order valence-corrected chi connectivity index (χ1v) is 8.59. The number of nitro benzene ring substituents is 1. The van der Waals surface area contributed by atoms with Crippen molar-refractivity contribution in [3.63, 3.8) is 0 Å². The Hall–Kier alpha value is -3.25. The molecule has 26 heavy (non-hydrogen) atoms. The van der Waals surface area contributed by atoms with Gasteiger partial charge in [0.1, 0.15) is 5.75 Å². The van der Waals surface area contributed by atoms with Crippen molar-refractivity contribution in [2.45, 2.75) is 0 Å². The van der Waals surface area contributed by atoms with Crippen LogP contribution in [0.5, 0.6) is 5.75 Å². The van der Waals surface area contributed by atoms with E-state index in [4.69, 9.17) is 4.74 Å². The summed E-state index contributed by atoms with van der Waals surface area (Å²) in [5.74, 6) is 0.243. The fourth-order valence-corrected chi connectivity index (χ4v) is 3.29. The van der Waals surface area contributed by atoms with Gasteiger partial charge in [-0.25, -0.2) is 0 Å². The molecule has 0 aliphatic heterocycles. The second-order valence-electron chi connectivity index (χ2n) is 5.50. The van der Waals surface area contributed by atoms with Crippen molar-refractivity contribution in [2.75, 3.05) is 7.11 Å². The number of carbonyl (C=O) groups excluding carboxylic acids is 1. The first-order chi connectivity index (χ1) is 12.5. The van der Waals surface area contributed by atoms with Crippen molar-refractivity contribution in [3.8, 4) is 16.2 Å². The summed E-state index contributed by atoms with van der Waals surface area (Å²) >= 11 is 1.60. The van der Waals surface area contributed by atoms with Gasteiger partial charge in [0.05, 0.1) is 12.0 Å². The normalized spacial score (nSPS) is 10.3. The van der Waals surface area contributed by atoms with Crippen LogP contribution < -0.4 is 4.74 Å². The topological polar surface area (TPSA) is 69.4 Å². The first kappa shape index (κ1) is 17.6. The Morgan fingerprint density at radius 3 is 2.46 bits per heavy atom. The van der Waals surface area contributed by atoms with Crippen molar-refractivity contribution in [3.05, 3.63) is 87.8 Å². The van der Waals surface area contributed by atoms with Gasteiger partial charge in [-0.05, 0) is 47.3 Å². The lowest BCUT2D eigenvalue weighted by atomic mass is 9.95. The van der Waals surface area contributed by atoms with Gasteiger partial charge in [0, 0.05) is 33.7 Å². The molecule has 0 unspecified atom stereocenters. The largest absolute Gasteiger partial charge is 0.496 e. The molecule has 6 heteroatoms. The Bertz CT molecular complexity index is 976. The summed E-state index contributed by atoms with van der Waals surface area (Å²) in [7, 11) is 1.54. The van der Waals surface area contributed by atoms with E-state index >= 15 is 0 Å². The van der Waals surface area contributed by atoms with Crippen molar-refractivity contribution < 1.29 is 14.5 Å². The lowest BCUT2D eigenvalue weighted by molar-refractivity contribution is -0.384. The van der Waals surface area contributed by atoms with Crippen LogP contribution in [-0.4, -0.2) is 17.8 Å². The Kier molecular flexibility index (Phi) is 4.95. The molecule has 0 atom stereocenters. The van der Waals surface area contributed by atoms with E-state index in [1.54, 1.807) is 17.4 Å². The number of nitro groups is 1. The SMILES string of the molecule is C=C(C(=O)c1ccc([N+](=O)[O-])cc1)c1cc(-c2cccs2)ccc1OC. The molecule has 0 bridgehead atoms. The number of non-ortho nitro benzene ring substituents is 1. The number of methoxy groups -OCH3 is 1. The van der Waals surface area contributed by atoms with Gasteiger partial charge in [-0.2, -0.15) is 0 Å². The smallest absolute Gasteiger partial charge is 0.269 e. The third-order valence-corrected chi connectivity index (χ3v) is 4.86. The molecule has 130 valence electrons. The molecule has 2 aromatic carbocycles. The number of benzene rings is 2. The minimum atomic E-state index is -0.503. The molecular weight excluding hydrogens is 350 g/mol. The number of nitrogens with zero attached hydrogens (tertiary/aromatic N) is 1. The third kappa shape index (κ3) is 3.41. The maximum Gasteiger partial charge on any atom is 0.269 e. The minimum Gasteiger partial charge on any atom is -0.496 e. The minimum absolute atomic E-state index is 0.0653. The standard InChI is InChI=1S/C20H15NO4S/c1-13(20(22)14-5-8-16(9-6-14)21(23)24)17-12-15(7-10-18(17)25-2)19-4-3-11-26-19/h3-12H,1H2,2H3. The van der Waals surface area contributed by atoms with Crippen LogP contribution in [0.15, 0.2) is 66.6 Å². The fraction of sp³-hybridized carbons (Fsp3) is 0.0500. The molecular formula is C20H15NO4S. The summed E-state index contributed by atoms with van der Waals surface area (Å²) in [6.45, 7) is 3.93. The van der Waals surface area contributed by atoms with Gasteiger partial charge in [-0.1, -0.05) is 12.6 Å². The van der Waals surface area contributed by atoms with Crippen LogP contribution >= 0.6 is 11.3 Å². The average molecular weight is 365 g/mol. The van der Waals surface area contributed by atoms with Crippen LogP contribution in [0.2, 0.25) is 0 Å². The molecule has 0 fully saturated rings. The second-order valence-corrected chi connectivity index (χ2v) is 6.45. The molecule has 0 radical (unpaired) electrons. The molecule has 0 spiro atoms. The third-order valence-electron chi connectivity index (χ3n) is 3.94. The fourth-order valence-electron chi connectivity index (χ4n) is 2.57. The van der Waals surface area contributed by atoms with E-state index in [2.05, 4.69) is 6.58 Å². The Balaban J connectivity index is 1.96. The molecule has 3 rings (SSSR count). The van der Waals surface area contributed by atoms with E-state index in [0.717, 1.165) is 10.4 Å². The zero-order chi connectivity index (χ0) is 18.7. The first-order valence-electron chi connectivity index (χ1n) is 7.71. The van der Waals surface area contributed by atoms with Gasteiger partial charge < -0.3 is 4.74 Å². The zero-order valence-corrected chi connectivity index (χ0v) is 14.8. The summed E-state index contributed by atoms with van der Waals surface area (Å²) in [4.78, 5) is 24.1. The van der Waals surface area contributed by atoms with Crippen molar-refractivity contribution in [2.24, 2.45) is 0 Å². The number of thiophene rings is 1. The van der Waals surface area contributed by atoms with Crippen LogP contribution in [0.25, 0.3) is 16.0 Å². The summed E-state index contributed by atoms with van der Waals surface area (Å²) in [6.07, 6.45) is 0. The quantitative estimate of drug-likeness (QED) is 0.260. The van der Waals surface area contributed by atoms with E-state index in [0.29, 0.717) is 16.9 Å². The van der Waals surface area contributed by atoms with E-state index < -0.39 is 4.92 Å². The molecule has 0 aliphatic rings. The van der Waals surface area contributed by atoms with Gasteiger partial charge in [0.25, 0.3) is 5.69 Å². The van der Waals surface area contributed by atoms with Gasteiger partial charge in [-0.3, -0.25) is 14.9 Å². The van der Waals surface area contributed by atoms with Crippen LogP contribution in [-0.2, 0) is 0 Å². The number of hydrogen-bond donors (Lipinski definition) is 0. The maximum atomic E-state index is 12.8. The monoisotopic (exact) mass is 365 g/mol. The van der Waals surface area contributed by atoms with Gasteiger partial charge >= 0.3 is 0 Å². The summed E-state index contributed by atoms with van der Waals surface area (Å²) in [5.41, 5.74) is 2.11. The molecule has 0 saturated heterocycles. The number of ketones is 1. The number of Topliss-reactive ketones (excluding diaryl/α,β-unsaturated/α-hetero) is 1. The summed E-state index contributed by atoms with van der Waals surface area (Å²) in [6, 6.07) is 15.0. The highest BCUT2D eigenvalue weighted by Gasteiger charge is 2.18. The maximum absolute atomic E-state index is 12.8. The highest BCUT2D eigenvalue weighted by Crippen LogP contribution is 2.34. The van der Waals surface area contributed by atoms with E-state index in [1.165, 1.54) is 31.4 Å². The Morgan fingerprint density at radius 2 is 1.88 bits per heavy atom. The molecule has 0 N–H and O–H groups in total. The van der Waals surface area contributed by atoms with Crippen LogP contribution in [0.4, 0.5) is 5.69 Å². The number of carbonyl (C=O) groups is 1. The van der Waals surface area contributed by atoms with E-state index in [9.17, 15) is 14.9 Å². The van der Waals surface area contributed by atoms with Crippen molar-refractivity contribution >= 4 is 28.4 Å². The molecule has 1 heterocycles. The number of rotatable bonds is 6. The molecule has 3 aromatic rings. The number of hydrogen-bond acceptors (Lipinski definition) is 5. The average Bonchev–Trinajstić information content (AvgIpc) is 3.21. The highest BCUT2D eigenvalue weighted by molar-refractivity contribution is 7.13. The number of ether oxygens (including phenoxy) is 1. The predicted molar refractivity (Wildman–Crippen MR) is 103 cm³/mol. The highest BCUT2D eigenvalue weighted by atomic mass is 32.1.